The topological polar surface area (TPSA) is 62.1 Å². The van der Waals surface area contributed by atoms with Gasteiger partial charge in [0, 0.05) is 5.69 Å². The molecule has 0 fully saturated rings. The minimum Gasteiger partial charge on any atom is -0.487 e. The van der Waals surface area contributed by atoms with Crippen LogP contribution in [0.3, 0.4) is 0 Å². The molecule has 0 heterocycles. The van der Waals surface area contributed by atoms with Crippen LogP contribution < -0.4 is 10.1 Å². The lowest BCUT2D eigenvalue weighted by Crippen LogP contribution is -2.13. The second kappa shape index (κ2) is 11.2. The lowest BCUT2D eigenvalue weighted by Gasteiger charge is -2.12. The van der Waals surface area contributed by atoms with Gasteiger partial charge in [-0.15, -0.1) is 0 Å². The monoisotopic (exact) mass is 604 g/mol. The molecular weight excluding hydrogens is 586 g/mol. The molecule has 1 N–H and O–H groups in total. The number of amides is 1. The van der Waals surface area contributed by atoms with Crippen molar-refractivity contribution in [3.63, 3.8) is 0 Å². The Morgan fingerprint density at radius 1 is 1.19 bits per heavy atom. The number of nitriles is 1. The number of carbonyl (C=O) groups excluding carboxylic acids is 1. The second-order valence-electron chi connectivity index (χ2n) is 6.91. The number of nitrogens with zero attached hydrogens (tertiary/aromatic N) is 1. The number of benzene rings is 3. The number of aryl methyl sites for hydroxylation is 1. The number of hydrogen-bond donors (Lipinski definition) is 1. The van der Waals surface area contributed by atoms with Crippen LogP contribution in [0.15, 0.2) is 70.7 Å². The molecule has 0 aliphatic rings. The van der Waals surface area contributed by atoms with Crippen LogP contribution in [0.5, 0.6) is 5.75 Å². The number of nitrogens with one attached hydrogen (secondary N) is 1. The normalized spacial score (nSPS) is 11.0. The first-order valence-corrected chi connectivity index (χ1v) is 11.6. The first-order chi connectivity index (χ1) is 15.4. The van der Waals surface area contributed by atoms with Crippen molar-refractivity contribution in [2.24, 2.45) is 0 Å². The second-order valence-corrected chi connectivity index (χ2v) is 8.92. The van der Waals surface area contributed by atoms with Gasteiger partial charge >= 0.3 is 0 Å². The van der Waals surface area contributed by atoms with E-state index in [-0.39, 0.29) is 18.0 Å². The molecule has 3 rings (SSSR count). The maximum Gasteiger partial charge on any atom is 0.266 e. The van der Waals surface area contributed by atoms with Gasteiger partial charge in [0.2, 0.25) is 0 Å². The molecule has 4 nitrogen and oxygen atoms in total. The fourth-order valence-corrected chi connectivity index (χ4v) is 4.69. The number of rotatable bonds is 7. The van der Waals surface area contributed by atoms with Crippen molar-refractivity contribution in [1.29, 1.82) is 5.26 Å². The van der Waals surface area contributed by atoms with Crippen LogP contribution in [0.4, 0.5) is 10.1 Å². The highest BCUT2D eigenvalue weighted by atomic mass is 127. The van der Waals surface area contributed by atoms with Crippen molar-refractivity contribution >= 4 is 56.2 Å². The largest absolute Gasteiger partial charge is 0.487 e. The van der Waals surface area contributed by atoms with E-state index < -0.39 is 5.91 Å². The molecule has 0 aliphatic carbocycles. The SMILES string of the molecule is CCc1ccc(NC(=O)/C(C#N)=C/c2cc(Br)c(OCc3cccc(F)c3)c(I)c2)cc1. The third-order valence-corrected chi connectivity index (χ3v) is 5.98. The van der Waals surface area contributed by atoms with Crippen LogP contribution >= 0.6 is 38.5 Å². The zero-order valence-electron chi connectivity index (χ0n) is 17.2. The van der Waals surface area contributed by atoms with Gasteiger partial charge < -0.3 is 10.1 Å². The van der Waals surface area contributed by atoms with Crippen molar-refractivity contribution < 1.29 is 13.9 Å². The molecule has 0 aromatic heterocycles. The highest BCUT2D eigenvalue weighted by molar-refractivity contribution is 14.1. The van der Waals surface area contributed by atoms with Crippen molar-refractivity contribution in [2.45, 2.75) is 20.0 Å². The molecule has 0 atom stereocenters. The van der Waals surface area contributed by atoms with Gasteiger partial charge in [-0.25, -0.2) is 4.39 Å². The summed E-state index contributed by atoms with van der Waals surface area (Å²) in [5.74, 6) is -0.191. The van der Waals surface area contributed by atoms with E-state index in [4.69, 9.17) is 4.74 Å². The number of carbonyl (C=O) groups is 1. The minimum absolute atomic E-state index is 0.0132. The van der Waals surface area contributed by atoms with Gasteiger partial charge in [-0.2, -0.15) is 5.26 Å². The number of hydrogen-bond acceptors (Lipinski definition) is 3. The molecule has 3 aromatic carbocycles. The van der Waals surface area contributed by atoms with Crippen LogP contribution in [-0.2, 0) is 17.8 Å². The van der Waals surface area contributed by atoms with E-state index in [0.29, 0.717) is 27.0 Å². The number of anilines is 1. The molecule has 32 heavy (non-hydrogen) atoms. The third kappa shape index (κ3) is 6.40. The highest BCUT2D eigenvalue weighted by Crippen LogP contribution is 2.33. The van der Waals surface area contributed by atoms with Crippen LogP contribution in [0.1, 0.15) is 23.6 Å². The minimum atomic E-state index is -0.477. The average molecular weight is 605 g/mol. The summed E-state index contributed by atoms with van der Waals surface area (Å²) in [5.41, 5.74) is 3.17. The Morgan fingerprint density at radius 2 is 1.94 bits per heavy atom. The van der Waals surface area contributed by atoms with Gasteiger partial charge in [-0.05, 0) is 104 Å². The molecule has 162 valence electrons. The van der Waals surface area contributed by atoms with Gasteiger partial charge in [0.05, 0.1) is 8.04 Å². The summed E-state index contributed by atoms with van der Waals surface area (Å²) >= 11 is 5.61. The maximum absolute atomic E-state index is 13.4. The van der Waals surface area contributed by atoms with Crippen LogP contribution in [0, 0.1) is 20.7 Å². The number of halogens is 3. The van der Waals surface area contributed by atoms with E-state index in [2.05, 4.69) is 50.8 Å². The van der Waals surface area contributed by atoms with E-state index in [9.17, 15) is 14.4 Å². The molecule has 0 radical (unpaired) electrons. The molecule has 0 aliphatic heterocycles. The zero-order chi connectivity index (χ0) is 23.1. The van der Waals surface area contributed by atoms with E-state index in [1.54, 1.807) is 18.2 Å². The van der Waals surface area contributed by atoms with Gasteiger partial charge in [-0.1, -0.05) is 31.2 Å². The summed E-state index contributed by atoms with van der Waals surface area (Å²) < 4.78 is 20.7. The summed E-state index contributed by atoms with van der Waals surface area (Å²) in [6.45, 7) is 2.27. The first-order valence-electron chi connectivity index (χ1n) is 9.78. The Bertz CT molecular complexity index is 1180. The standard InChI is InChI=1S/C25H19BrFIN2O2/c1-2-16-6-8-21(9-7-16)30-25(31)19(14-29)10-18-12-22(26)24(23(28)13-18)32-15-17-4-3-5-20(27)11-17/h3-13H,2,15H2,1H3,(H,30,31)/b19-10+. The Morgan fingerprint density at radius 3 is 2.56 bits per heavy atom. The molecule has 3 aromatic rings. The highest BCUT2D eigenvalue weighted by Gasteiger charge is 2.13. The van der Waals surface area contributed by atoms with E-state index >= 15 is 0 Å². The molecular formula is C25H19BrFIN2O2. The summed E-state index contributed by atoms with van der Waals surface area (Å²) in [6.07, 6.45) is 2.44. The Kier molecular flexibility index (Phi) is 8.42. The predicted molar refractivity (Wildman–Crippen MR) is 136 cm³/mol. The van der Waals surface area contributed by atoms with Crippen LogP contribution in [0.2, 0.25) is 0 Å². The first kappa shape index (κ1) is 24.0. The van der Waals surface area contributed by atoms with E-state index in [0.717, 1.165) is 15.6 Å². The molecule has 0 saturated heterocycles. The van der Waals surface area contributed by atoms with Crippen LogP contribution in [0.25, 0.3) is 6.08 Å². The Hall–Kier alpha value is -2.70. The molecule has 0 saturated carbocycles. The zero-order valence-corrected chi connectivity index (χ0v) is 20.9. The fraction of sp³-hybridized carbons (Fsp3) is 0.120. The Labute approximate surface area is 208 Å². The van der Waals surface area contributed by atoms with Crippen LogP contribution in [-0.4, -0.2) is 5.91 Å². The van der Waals surface area contributed by atoms with Gasteiger partial charge in [0.1, 0.15) is 29.8 Å². The van der Waals surface area contributed by atoms with E-state index in [1.807, 2.05) is 36.4 Å². The quantitative estimate of drug-likeness (QED) is 0.182. The molecule has 0 spiro atoms. The number of ether oxygens (including phenoxy) is 1. The summed E-state index contributed by atoms with van der Waals surface area (Å²) in [4.78, 5) is 12.6. The lowest BCUT2D eigenvalue weighted by atomic mass is 10.1. The smallest absolute Gasteiger partial charge is 0.266 e. The van der Waals surface area contributed by atoms with Crippen molar-refractivity contribution in [3.8, 4) is 11.8 Å². The summed E-state index contributed by atoms with van der Waals surface area (Å²) in [6, 6.07) is 19.3. The van der Waals surface area contributed by atoms with E-state index in [1.165, 1.54) is 18.2 Å². The molecule has 0 unspecified atom stereocenters. The fourth-order valence-electron chi connectivity index (χ4n) is 2.92. The van der Waals surface area contributed by atoms with Gasteiger partial charge in [0.15, 0.2) is 0 Å². The summed E-state index contributed by atoms with van der Waals surface area (Å²) in [5, 5.41) is 12.2. The summed E-state index contributed by atoms with van der Waals surface area (Å²) in [7, 11) is 0. The molecule has 1 amide bonds. The average Bonchev–Trinajstić information content (AvgIpc) is 2.77. The molecule has 0 bridgehead atoms. The lowest BCUT2D eigenvalue weighted by molar-refractivity contribution is -0.112. The van der Waals surface area contributed by atoms with Crippen molar-refractivity contribution in [3.05, 3.63) is 96.8 Å². The Balaban J connectivity index is 1.75. The molecule has 7 heteroatoms. The van der Waals surface area contributed by atoms with Gasteiger partial charge in [0.25, 0.3) is 5.91 Å². The maximum atomic E-state index is 13.4. The van der Waals surface area contributed by atoms with Crippen molar-refractivity contribution in [2.75, 3.05) is 5.32 Å². The van der Waals surface area contributed by atoms with Gasteiger partial charge in [-0.3, -0.25) is 4.79 Å². The van der Waals surface area contributed by atoms with Crippen molar-refractivity contribution in [1.82, 2.24) is 0 Å². The predicted octanol–water partition coefficient (Wildman–Crippen LogP) is 6.88. The third-order valence-electron chi connectivity index (χ3n) is 4.59.